The summed E-state index contributed by atoms with van der Waals surface area (Å²) in [5.74, 6) is 0.968. The highest BCUT2D eigenvalue weighted by molar-refractivity contribution is 8.13. The summed E-state index contributed by atoms with van der Waals surface area (Å²) in [6.45, 7) is 1.96. The van der Waals surface area contributed by atoms with Crippen molar-refractivity contribution in [3.63, 3.8) is 0 Å². The zero-order chi connectivity index (χ0) is 11.6. The summed E-state index contributed by atoms with van der Waals surface area (Å²) in [5.41, 5.74) is 1.09. The van der Waals surface area contributed by atoms with Crippen molar-refractivity contribution in [2.45, 2.75) is 35.7 Å². The van der Waals surface area contributed by atoms with Crippen molar-refractivity contribution in [3.8, 4) is 0 Å². The minimum atomic E-state index is -3.12. The molecule has 0 bridgehead atoms. The van der Waals surface area contributed by atoms with E-state index >= 15 is 0 Å². The van der Waals surface area contributed by atoms with Crippen molar-refractivity contribution in [2.75, 3.05) is 5.75 Å². The van der Waals surface area contributed by atoms with E-state index in [2.05, 4.69) is 0 Å². The number of aryl methyl sites for hydroxylation is 1. The van der Waals surface area contributed by atoms with Gasteiger partial charge in [-0.15, -0.1) is 11.8 Å². The fourth-order valence-corrected chi connectivity index (χ4v) is 5.44. The number of benzene rings is 1. The van der Waals surface area contributed by atoms with Crippen LogP contribution in [0, 0.1) is 6.92 Å². The normalized spacial score (nSPS) is 21.9. The van der Waals surface area contributed by atoms with Gasteiger partial charge in [0.15, 0.2) is 9.84 Å². The molecule has 1 aromatic rings. The van der Waals surface area contributed by atoms with Gasteiger partial charge in [-0.1, -0.05) is 24.1 Å². The Bertz CT molecular complexity index is 442. The van der Waals surface area contributed by atoms with E-state index in [0.717, 1.165) is 30.6 Å². The molecular weight excluding hydrogens is 240 g/mol. The zero-order valence-electron chi connectivity index (χ0n) is 9.35. The molecule has 0 spiro atoms. The molecule has 4 heteroatoms. The largest absolute Gasteiger partial charge is 0.223 e. The second-order valence-electron chi connectivity index (χ2n) is 4.15. The SMILES string of the molecule is Cc1ccc(S(=O)(=O)C2CCCCS2)cc1. The standard InChI is InChI=1S/C12H16O2S2/c1-10-5-7-11(8-6-10)16(13,14)12-4-2-3-9-15-12/h5-8,12H,2-4,9H2,1H3. The lowest BCUT2D eigenvalue weighted by atomic mass is 10.2. The van der Waals surface area contributed by atoms with E-state index in [9.17, 15) is 8.42 Å². The second kappa shape index (κ2) is 4.80. The summed E-state index contributed by atoms with van der Waals surface area (Å²) < 4.78 is 24.3. The lowest BCUT2D eigenvalue weighted by molar-refractivity contribution is 0.584. The summed E-state index contributed by atoms with van der Waals surface area (Å²) in [4.78, 5) is 0.470. The first-order valence-corrected chi connectivity index (χ1v) is 8.12. The Kier molecular flexibility index (Phi) is 3.60. The minimum Gasteiger partial charge on any atom is -0.223 e. The molecule has 0 amide bonds. The molecule has 2 nitrogen and oxygen atoms in total. The summed E-state index contributed by atoms with van der Waals surface area (Å²) in [6.07, 6.45) is 2.97. The molecule has 0 saturated carbocycles. The molecule has 88 valence electrons. The van der Waals surface area contributed by atoms with Crippen LogP contribution in [0.3, 0.4) is 0 Å². The van der Waals surface area contributed by atoms with E-state index in [-0.39, 0.29) is 4.58 Å². The van der Waals surface area contributed by atoms with Gasteiger partial charge in [0.05, 0.1) is 4.90 Å². The van der Waals surface area contributed by atoms with Gasteiger partial charge in [0.25, 0.3) is 0 Å². The van der Waals surface area contributed by atoms with Crippen LogP contribution < -0.4 is 0 Å². The molecule has 1 heterocycles. The predicted molar refractivity (Wildman–Crippen MR) is 68.5 cm³/mol. The van der Waals surface area contributed by atoms with Crippen LogP contribution in [0.1, 0.15) is 24.8 Å². The highest BCUT2D eigenvalue weighted by atomic mass is 32.3. The highest BCUT2D eigenvalue weighted by Crippen LogP contribution is 2.33. The summed E-state index contributed by atoms with van der Waals surface area (Å²) in [7, 11) is -3.12. The molecular formula is C12H16O2S2. The summed E-state index contributed by atoms with van der Waals surface area (Å²) in [5, 5.41) is 0. The lowest BCUT2D eigenvalue weighted by Crippen LogP contribution is -2.21. The van der Waals surface area contributed by atoms with Gasteiger partial charge in [0.1, 0.15) is 4.58 Å². The van der Waals surface area contributed by atoms with Gasteiger partial charge in [-0.2, -0.15) is 0 Å². The van der Waals surface area contributed by atoms with Gasteiger partial charge >= 0.3 is 0 Å². The van der Waals surface area contributed by atoms with Crippen molar-refractivity contribution in [3.05, 3.63) is 29.8 Å². The van der Waals surface area contributed by atoms with E-state index in [1.807, 2.05) is 19.1 Å². The van der Waals surface area contributed by atoms with Gasteiger partial charge in [0, 0.05) is 0 Å². The molecule has 1 fully saturated rings. The van der Waals surface area contributed by atoms with Gasteiger partial charge in [-0.25, -0.2) is 8.42 Å². The van der Waals surface area contributed by atoms with Gasteiger partial charge in [-0.05, 0) is 37.7 Å². The first-order valence-electron chi connectivity index (χ1n) is 5.53. The summed E-state index contributed by atoms with van der Waals surface area (Å²) in [6, 6.07) is 7.17. The topological polar surface area (TPSA) is 34.1 Å². The number of hydrogen-bond donors (Lipinski definition) is 0. The number of hydrogen-bond acceptors (Lipinski definition) is 3. The quantitative estimate of drug-likeness (QED) is 0.815. The van der Waals surface area contributed by atoms with Crippen LogP contribution in [0.15, 0.2) is 29.2 Å². The smallest absolute Gasteiger partial charge is 0.190 e. The third-order valence-corrected chi connectivity index (χ3v) is 6.99. The number of rotatable bonds is 2. The number of sulfone groups is 1. The Labute approximate surface area is 101 Å². The average Bonchev–Trinajstić information content (AvgIpc) is 2.31. The molecule has 0 N–H and O–H groups in total. The Balaban J connectivity index is 2.27. The molecule has 1 saturated heterocycles. The van der Waals surface area contributed by atoms with Crippen LogP contribution in [0.5, 0.6) is 0 Å². The molecule has 1 aliphatic heterocycles. The highest BCUT2D eigenvalue weighted by Gasteiger charge is 2.29. The lowest BCUT2D eigenvalue weighted by Gasteiger charge is -2.21. The molecule has 1 aromatic carbocycles. The first-order chi connectivity index (χ1) is 7.60. The fourth-order valence-electron chi connectivity index (χ4n) is 1.84. The van der Waals surface area contributed by atoms with Crippen molar-refractivity contribution < 1.29 is 8.42 Å². The maximum atomic E-state index is 12.3. The van der Waals surface area contributed by atoms with Crippen molar-refractivity contribution in [1.29, 1.82) is 0 Å². The van der Waals surface area contributed by atoms with Crippen LogP contribution in [0.25, 0.3) is 0 Å². The molecule has 1 atom stereocenters. The van der Waals surface area contributed by atoms with Crippen LogP contribution in [-0.4, -0.2) is 18.8 Å². The maximum absolute atomic E-state index is 12.3. The van der Waals surface area contributed by atoms with E-state index in [1.54, 1.807) is 23.9 Å². The Morgan fingerprint density at radius 3 is 2.44 bits per heavy atom. The van der Waals surface area contributed by atoms with Gasteiger partial charge in [0.2, 0.25) is 0 Å². The van der Waals surface area contributed by atoms with Crippen LogP contribution in [0.4, 0.5) is 0 Å². The predicted octanol–water partition coefficient (Wildman–Crippen LogP) is 3.01. The van der Waals surface area contributed by atoms with Crippen LogP contribution >= 0.6 is 11.8 Å². The zero-order valence-corrected chi connectivity index (χ0v) is 11.0. The maximum Gasteiger partial charge on any atom is 0.190 e. The molecule has 16 heavy (non-hydrogen) atoms. The average molecular weight is 256 g/mol. The molecule has 1 aliphatic rings. The van der Waals surface area contributed by atoms with E-state index in [4.69, 9.17) is 0 Å². The molecule has 0 radical (unpaired) electrons. The van der Waals surface area contributed by atoms with Gasteiger partial charge < -0.3 is 0 Å². The van der Waals surface area contributed by atoms with E-state index in [0.29, 0.717) is 4.90 Å². The summed E-state index contributed by atoms with van der Waals surface area (Å²) >= 11 is 1.58. The van der Waals surface area contributed by atoms with E-state index in [1.165, 1.54) is 0 Å². The number of thioether (sulfide) groups is 1. The third-order valence-electron chi connectivity index (χ3n) is 2.83. The molecule has 1 unspecified atom stereocenters. The Hall–Kier alpha value is -0.480. The third kappa shape index (κ3) is 2.43. The monoisotopic (exact) mass is 256 g/mol. The van der Waals surface area contributed by atoms with E-state index < -0.39 is 9.84 Å². The minimum absolute atomic E-state index is 0.232. The Morgan fingerprint density at radius 1 is 1.19 bits per heavy atom. The molecule has 0 aliphatic carbocycles. The molecule has 0 aromatic heterocycles. The van der Waals surface area contributed by atoms with Gasteiger partial charge in [-0.3, -0.25) is 0 Å². The van der Waals surface area contributed by atoms with Crippen molar-refractivity contribution in [1.82, 2.24) is 0 Å². The fraction of sp³-hybridized carbons (Fsp3) is 0.500. The molecule has 2 rings (SSSR count). The Morgan fingerprint density at radius 2 is 1.88 bits per heavy atom. The van der Waals surface area contributed by atoms with Crippen LogP contribution in [0.2, 0.25) is 0 Å². The second-order valence-corrected chi connectivity index (χ2v) is 7.89. The van der Waals surface area contributed by atoms with Crippen LogP contribution in [-0.2, 0) is 9.84 Å². The first kappa shape index (κ1) is 12.0. The van der Waals surface area contributed by atoms with Crippen molar-refractivity contribution >= 4 is 21.6 Å². The van der Waals surface area contributed by atoms with Crippen molar-refractivity contribution in [2.24, 2.45) is 0 Å².